The molecule has 0 saturated heterocycles. The molecule has 1 atom stereocenters. The summed E-state index contributed by atoms with van der Waals surface area (Å²) in [4.78, 5) is 13.8. The Bertz CT molecular complexity index is 423. The van der Waals surface area contributed by atoms with Gasteiger partial charge in [-0.15, -0.1) is 0 Å². The summed E-state index contributed by atoms with van der Waals surface area (Å²) in [6, 6.07) is 3.26. The van der Waals surface area contributed by atoms with Crippen LogP contribution in [0.3, 0.4) is 0 Å². The first-order valence-corrected chi connectivity index (χ1v) is 5.79. The van der Waals surface area contributed by atoms with Crippen molar-refractivity contribution in [3.63, 3.8) is 0 Å². The van der Waals surface area contributed by atoms with Crippen LogP contribution < -0.4 is 0 Å². The van der Waals surface area contributed by atoms with Crippen LogP contribution in [0, 0.1) is 5.82 Å². The number of benzene rings is 1. The zero-order valence-electron chi connectivity index (χ0n) is 10.8. The van der Waals surface area contributed by atoms with E-state index in [0.29, 0.717) is 13.2 Å². The largest absolute Gasteiger partial charge is 0.507 e. The van der Waals surface area contributed by atoms with E-state index < -0.39 is 5.82 Å². The number of phenols is 1. The highest BCUT2D eigenvalue weighted by atomic mass is 19.1. The lowest BCUT2D eigenvalue weighted by molar-refractivity contribution is 0.0576. The van der Waals surface area contributed by atoms with Gasteiger partial charge in [0.15, 0.2) is 0 Å². The van der Waals surface area contributed by atoms with Gasteiger partial charge in [0.25, 0.3) is 5.91 Å². The SMILES string of the molecule is CCN(C(=O)c1ccc(F)cc1O)C(C)COC. The van der Waals surface area contributed by atoms with Gasteiger partial charge in [0.1, 0.15) is 11.6 Å². The average Bonchev–Trinajstić information content (AvgIpc) is 2.29. The molecule has 0 aromatic heterocycles. The molecule has 0 spiro atoms. The molecule has 0 saturated carbocycles. The second-order valence-electron chi connectivity index (χ2n) is 4.06. The van der Waals surface area contributed by atoms with Gasteiger partial charge in [-0.3, -0.25) is 4.79 Å². The number of likely N-dealkylation sites (N-methyl/N-ethyl adjacent to an activating group) is 1. The third-order valence-electron chi connectivity index (χ3n) is 2.73. The first-order valence-electron chi connectivity index (χ1n) is 5.79. The van der Waals surface area contributed by atoms with Crippen molar-refractivity contribution in [3.05, 3.63) is 29.6 Å². The van der Waals surface area contributed by atoms with E-state index in [1.165, 1.54) is 6.07 Å². The molecule has 5 heteroatoms. The molecule has 1 amide bonds. The molecule has 0 fully saturated rings. The molecule has 1 N–H and O–H groups in total. The van der Waals surface area contributed by atoms with Gasteiger partial charge in [0, 0.05) is 19.7 Å². The van der Waals surface area contributed by atoms with Gasteiger partial charge in [-0.05, 0) is 26.0 Å². The number of ether oxygens (including phenoxy) is 1. The van der Waals surface area contributed by atoms with E-state index in [4.69, 9.17) is 4.74 Å². The summed E-state index contributed by atoms with van der Waals surface area (Å²) in [5, 5.41) is 9.60. The molecule has 1 rings (SSSR count). The van der Waals surface area contributed by atoms with Gasteiger partial charge in [-0.25, -0.2) is 4.39 Å². The van der Waals surface area contributed by atoms with E-state index >= 15 is 0 Å². The molecule has 0 aliphatic carbocycles. The van der Waals surface area contributed by atoms with Crippen molar-refractivity contribution in [1.82, 2.24) is 4.90 Å². The first kappa shape index (κ1) is 14.4. The Labute approximate surface area is 106 Å². The number of amides is 1. The molecule has 0 bridgehead atoms. The number of carbonyl (C=O) groups excluding carboxylic acids is 1. The van der Waals surface area contributed by atoms with Crippen molar-refractivity contribution in [2.45, 2.75) is 19.9 Å². The van der Waals surface area contributed by atoms with Crippen molar-refractivity contribution in [1.29, 1.82) is 0 Å². The Morgan fingerprint density at radius 1 is 1.56 bits per heavy atom. The highest BCUT2D eigenvalue weighted by Crippen LogP contribution is 2.20. The Hall–Kier alpha value is -1.62. The van der Waals surface area contributed by atoms with E-state index in [1.807, 2.05) is 13.8 Å². The molecule has 1 unspecified atom stereocenters. The van der Waals surface area contributed by atoms with Gasteiger partial charge in [0.2, 0.25) is 0 Å². The number of hydrogen-bond acceptors (Lipinski definition) is 3. The van der Waals surface area contributed by atoms with Gasteiger partial charge in [-0.2, -0.15) is 0 Å². The Kier molecular flexibility index (Phi) is 5.09. The van der Waals surface area contributed by atoms with Gasteiger partial charge >= 0.3 is 0 Å². The molecule has 0 radical (unpaired) electrons. The summed E-state index contributed by atoms with van der Waals surface area (Å²) in [5.41, 5.74) is 0.0983. The molecular formula is C13H18FNO3. The summed E-state index contributed by atoms with van der Waals surface area (Å²) >= 11 is 0. The lowest BCUT2D eigenvalue weighted by Crippen LogP contribution is -2.40. The number of rotatable bonds is 5. The van der Waals surface area contributed by atoms with Crippen molar-refractivity contribution in [3.8, 4) is 5.75 Å². The minimum absolute atomic E-state index is 0.0983. The van der Waals surface area contributed by atoms with E-state index in [0.717, 1.165) is 12.1 Å². The average molecular weight is 255 g/mol. The van der Waals surface area contributed by atoms with E-state index in [9.17, 15) is 14.3 Å². The molecule has 1 aromatic rings. The van der Waals surface area contributed by atoms with Gasteiger partial charge in [0.05, 0.1) is 18.2 Å². The number of carbonyl (C=O) groups is 1. The molecule has 18 heavy (non-hydrogen) atoms. The fourth-order valence-electron chi connectivity index (χ4n) is 1.83. The van der Waals surface area contributed by atoms with E-state index in [-0.39, 0.29) is 23.3 Å². The lowest BCUT2D eigenvalue weighted by Gasteiger charge is -2.27. The minimum Gasteiger partial charge on any atom is -0.507 e. The van der Waals surface area contributed by atoms with Crippen molar-refractivity contribution in [2.24, 2.45) is 0 Å². The fourth-order valence-corrected chi connectivity index (χ4v) is 1.83. The first-order chi connectivity index (χ1) is 8.51. The number of hydrogen-bond donors (Lipinski definition) is 1. The quantitative estimate of drug-likeness (QED) is 0.875. The number of phenolic OH excluding ortho intramolecular Hbond substituents is 1. The summed E-state index contributed by atoms with van der Waals surface area (Å²) < 4.78 is 17.9. The Morgan fingerprint density at radius 2 is 2.22 bits per heavy atom. The molecule has 100 valence electrons. The number of aromatic hydroxyl groups is 1. The number of methoxy groups -OCH3 is 1. The minimum atomic E-state index is -0.572. The highest BCUT2D eigenvalue weighted by molar-refractivity contribution is 5.97. The van der Waals surface area contributed by atoms with Crippen LogP contribution in [-0.2, 0) is 4.74 Å². The van der Waals surface area contributed by atoms with Crippen LogP contribution in [0.2, 0.25) is 0 Å². The normalized spacial score (nSPS) is 12.2. The monoisotopic (exact) mass is 255 g/mol. The second-order valence-corrected chi connectivity index (χ2v) is 4.06. The molecule has 0 aliphatic heterocycles. The van der Waals surface area contributed by atoms with Crippen LogP contribution in [-0.4, -0.2) is 42.2 Å². The Balaban J connectivity index is 2.96. The molecule has 1 aromatic carbocycles. The van der Waals surface area contributed by atoms with Crippen LogP contribution in [0.15, 0.2) is 18.2 Å². The molecule has 4 nitrogen and oxygen atoms in total. The topological polar surface area (TPSA) is 49.8 Å². The van der Waals surface area contributed by atoms with Gasteiger partial charge < -0.3 is 14.7 Å². The van der Waals surface area contributed by atoms with Crippen molar-refractivity contribution < 1.29 is 19.0 Å². The maximum absolute atomic E-state index is 12.9. The van der Waals surface area contributed by atoms with E-state index in [1.54, 1.807) is 12.0 Å². The van der Waals surface area contributed by atoms with Crippen molar-refractivity contribution in [2.75, 3.05) is 20.3 Å². The number of nitrogens with zero attached hydrogens (tertiary/aromatic N) is 1. The van der Waals surface area contributed by atoms with Crippen LogP contribution >= 0.6 is 0 Å². The standard InChI is InChI=1S/C13H18FNO3/c1-4-15(9(2)8-18-3)13(17)11-6-5-10(14)7-12(11)16/h5-7,9,16H,4,8H2,1-3H3. The second kappa shape index (κ2) is 6.35. The molecule has 0 aliphatic rings. The van der Waals surface area contributed by atoms with Crippen molar-refractivity contribution >= 4 is 5.91 Å². The van der Waals surface area contributed by atoms with Crippen LogP contribution in [0.5, 0.6) is 5.75 Å². The van der Waals surface area contributed by atoms with Crippen LogP contribution in [0.25, 0.3) is 0 Å². The van der Waals surface area contributed by atoms with Crippen LogP contribution in [0.4, 0.5) is 4.39 Å². The maximum atomic E-state index is 12.9. The summed E-state index contributed by atoms with van der Waals surface area (Å²) in [7, 11) is 1.56. The van der Waals surface area contributed by atoms with Crippen LogP contribution in [0.1, 0.15) is 24.2 Å². The molecular weight excluding hydrogens is 237 g/mol. The Morgan fingerprint density at radius 3 is 2.72 bits per heavy atom. The summed E-state index contributed by atoms with van der Waals surface area (Å²) in [6.07, 6.45) is 0. The molecule has 0 heterocycles. The zero-order chi connectivity index (χ0) is 13.7. The zero-order valence-corrected chi connectivity index (χ0v) is 10.8. The predicted octanol–water partition coefficient (Wildman–Crippen LogP) is 2.03. The smallest absolute Gasteiger partial charge is 0.257 e. The van der Waals surface area contributed by atoms with Gasteiger partial charge in [-0.1, -0.05) is 0 Å². The predicted molar refractivity (Wildman–Crippen MR) is 66.1 cm³/mol. The highest BCUT2D eigenvalue weighted by Gasteiger charge is 2.22. The summed E-state index contributed by atoms with van der Waals surface area (Å²) in [5.74, 6) is -1.25. The summed E-state index contributed by atoms with van der Waals surface area (Å²) in [6.45, 7) is 4.58. The maximum Gasteiger partial charge on any atom is 0.257 e. The third-order valence-corrected chi connectivity index (χ3v) is 2.73. The fraction of sp³-hybridized carbons (Fsp3) is 0.462. The third kappa shape index (κ3) is 3.20. The van der Waals surface area contributed by atoms with E-state index in [2.05, 4.69) is 0 Å². The number of halogens is 1. The lowest BCUT2D eigenvalue weighted by atomic mass is 10.1.